The second kappa shape index (κ2) is 6.12. The van der Waals surface area contributed by atoms with Crippen LogP contribution in [-0.4, -0.2) is 39.1 Å². The van der Waals surface area contributed by atoms with Crippen LogP contribution < -0.4 is 14.2 Å². The van der Waals surface area contributed by atoms with Crippen LogP contribution in [0, 0.1) is 0 Å². The minimum atomic E-state index is -0.337. The first-order valence-corrected chi connectivity index (χ1v) is 6.29. The predicted octanol–water partition coefficient (Wildman–Crippen LogP) is 1.92. The average Bonchev–Trinajstić information content (AvgIpc) is 2.45. The molecule has 1 aliphatic heterocycles. The predicted molar refractivity (Wildman–Crippen MR) is 70.0 cm³/mol. The van der Waals surface area contributed by atoms with Gasteiger partial charge in [0.05, 0.1) is 33.5 Å². The zero-order valence-corrected chi connectivity index (χ0v) is 11.5. The maximum absolute atomic E-state index is 9.76. The summed E-state index contributed by atoms with van der Waals surface area (Å²) in [6, 6.07) is 3.71. The molecule has 5 nitrogen and oxygen atoms in total. The van der Waals surface area contributed by atoms with E-state index in [0.29, 0.717) is 36.7 Å². The van der Waals surface area contributed by atoms with E-state index in [1.165, 1.54) is 0 Å². The first-order chi connectivity index (χ1) is 9.21. The Bertz CT molecular complexity index is 432. The van der Waals surface area contributed by atoms with Gasteiger partial charge in [-0.25, -0.2) is 0 Å². The number of benzene rings is 1. The highest BCUT2D eigenvalue weighted by Gasteiger charge is 2.27. The maximum atomic E-state index is 9.76. The minimum absolute atomic E-state index is 0.182. The molecule has 0 aromatic heterocycles. The summed E-state index contributed by atoms with van der Waals surface area (Å²) in [7, 11) is 4.73. The van der Waals surface area contributed by atoms with E-state index in [1.807, 2.05) is 12.1 Å². The van der Waals surface area contributed by atoms with Gasteiger partial charge in [0.1, 0.15) is 0 Å². The lowest BCUT2D eigenvalue weighted by molar-refractivity contribution is -0.0456. The molecule has 1 N–H and O–H groups in total. The van der Waals surface area contributed by atoms with Gasteiger partial charge in [0, 0.05) is 18.6 Å². The monoisotopic (exact) mass is 268 g/mol. The molecule has 0 bridgehead atoms. The van der Waals surface area contributed by atoms with Crippen molar-refractivity contribution in [3.05, 3.63) is 17.7 Å². The molecule has 0 saturated carbocycles. The summed E-state index contributed by atoms with van der Waals surface area (Å²) in [4.78, 5) is 0. The number of ether oxygens (including phenoxy) is 4. The summed E-state index contributed by atoms with van der Waals surface area (Å²) in [6.45, 7) is 0.545. The molecule has 106 valence electrons. The van der Waals surface area contributed by atoms with Crippen LogP contribution in [0.5, 0.6) is 17.2 Å². The Morgan fingerprint density at radius 3 is 2.42 bits per heavy atom. The molecular weight excluding hydrogens is 248 g/mol. The lowest BCUT2D eigenvalue weighted by Crippen LogP contribution is -2.23. The van der Waals surface area contributed by atoms with Gasteiger partial charge in [0.15, 0.2) is 11.5 Å². The van der Waals surface area contributed by atoms with Gasteiger partial charge in [0.2, 0.25) is 5.75 Å². The SMILES string of the molecule is COc1ccc(C2CC(O)CCO2)c(OC)c1OC. The molecule has 19 heavy (non-hydrogen) atoms. The van der Waals surface area contributed by atoms with Crippen LogP contribution in [0.4, 0.5) is 0 Å². The van der Waals surface area contributed by atoms with Crippen LogP contribution in [0.25, 0.3) is 0 Å². The van der Waals surface area contributed by atoms with Crippen molar-refractivity contribution in [1.29, 1.82) is 0 Å². The first kappa shape index (κ1) is 14.0. The normalized spacial score (nSPS) is 22.9. The molecule has 1 aliphatic rings. The van der Waals surface area contributed by atoms with Gasteiger partial charge >= 0.3 is 0 Å². The summed E-state index contributed by atoms with van der Waals surface area (Å²) in [5.41, 5.74) is 0.874. The molecule has 1 aromatic rings. The van der Waals surface area contributed by atoms with Gasteiger partial charge in [-0.1, -0.05) is 0 Å². The average molecular weight is 268 g/mol. The smallest absolute Gasteiger partial charge is 0.203 e. The summed E-state index contributed by atoms with van der Waals surface area (Å²) in [5, 5.41) is 9.76. The Hall–Kier alpha value is -1.46. The topological polar surface area (TPSA) is 57.2 Å². The first-order valence-electron chi connectivity index (χ1n) is 6.29. The van der Waals surface area contributed by atoms with E-state index in [1.54, 1.807) is 21.3 Å². The van der Waals surface area contributed by atoms with E-state index in [0.717, 1.165) is 5.56 Å². The zero-order chi connectivity index (χ0) is 13.8. The third-order valence-electron chi connectivity index (χ3n) is 3.34. The Morgan fingerprint density at radius 1 is 1.11 bits per heavy atom. The number of hydrogen-bond acceptors (Lipinski definition) is 5. The molecule has 0 aliphatic carbocycles. The quantitative estimate of drug-likeness (QED) is 0.904. The van der Waals surface area contributed by atoms with E-state index in [4.69, 9.17) is 18.9 Å². The second-order valence-electron chi connectivity index (χ2n) is 4.46. The number of hydrogen-bond donors (Lipinski definition) is 1. The van der Waals surface area contributed by atoms with E-state index >= 15 is 0 Å². The van der Waals surface area contributed by atoms with Gasteiger partial charge in [-0.05, 0) is 18.6 Å². The molecule has 1 aromatic carbocycles. The molecule has 1 heterocycles. The van der Waals surface area contributed by atoms with Crippen LogP contribution in [0.15, 0.2) is 12.1 Å². The van der Waals surface area contributed by atoms with Gasteiger partial charge in [-0.3, -0.25) is 0 Å². The standard InChI is InChI=1S/C14H20O5/c1-16-11-5-4-10(13(17-2)14(11)18-3)12-8-9(15)6-7-19-12/h4-5,9,12,15H,6-8H2,1-3H3. The molecule has 2 unspecified atom stereocenters. The lowest BCUT2D eigenvalue weighted by Gasteiger charge is -2.28. The second-order valence-corrected chi connectivity index (χ2v) is 4.46. The molecular formula is C14H20O5. The fourth-order valence-electron chi connectivity index (χ4n) is 2.37. The maximum Gasteiger partial charge on any atom is 0.203 e. The van der Waals surface area contributed by atoms with E-state index in [2.05, 4.69) is 0 Å². The van der Waals surface area contributed by atoms with Crippen LogP contribution in [0.2, 0.25) is 0 Å². The Kier molecular flexibility index (Phi) is 4.50. The molecule has 5 heteroatoms. The third-order valence-corrected chi connectivity index (χ3v) is 3.34. The number of methoxy groups -OCH3 is 3. The summed E-state index contributed by atoms with van der Waals surface area (Å²) in [5.74, 6) is 1.76. The number of aliphatic hydroxyl groups is 1. The van der Waals surface area contributed by atoms with E-state index < -0.39 is 0 Å². The van der Waals surface area contributed by atoms with Crippen molar-refractivity contribution in [2.45, 2.75) is 25.0 Å². The fourth-order valence-corrected chi connectivity index (χ4v) is 2.37. The fraction of sp³-hybridized carbons (Fsp3) is 0.571. The Balaban J connectivity index is 2.39. The van der Waals surface area contributed by atoms with Crippen molar-refractivity contribution in [2.24, 2.45) is 0 Å². The number of rotatable bonds is 4. The number of aliphatic hydroxyl groups excluding tert-OH is 1. The molecule has 1 fully saturated rings. The molecule has 2 atom stereocenters. The van der Waals surface area contributed by atoms with Gasteiger partial charge in [-0.2, -0.15) is 0 Å². The van der Waals surface area contributed by atoms with Crippen molar-refractivity contribution in [1.82, 2.24) is 0 Å². The molecule has 1 saturated heterocycles. The summed E-state index contributed by atoms with van der Waals surface area (Å²) >= 11 is 0. The molecule has 0 spiro atoms. The van der Waals surface area contributed by atoms with Crippen LogP contribution in [0.1, 0.15) is 24.5 Å². The molecule has 0 radical (unpaired) electrons. The highest BCUT2D eigenvalue weighted by molar-refractivity contribution is 5.56. The third kappa shape index (κ3) is 2.77. The van der Waals surface area contributed by atoms with Crippen molar-refractivity contribution in [2.75, 3.05) is 27.9 Å². The minimum Gasteiger partial charge on any atom is -0.493 e. The van der Waals surface area contributed by atoms with Crippen molar-refractivity contribution >= 4 is 0 Å². The van der Waals surface area contributed by atoms with Crippen LogP contribution in [-0.2, 0) is 4.74 Å². The van der Waals surface area contributed by atoms with Gasteiger partial charge in [-0.15, -0.1) is 0 Å². The largest absolute Gasteiger partial charge is 0.493 e. The zero-order valence-electron chi connectivity index (χ0n) is 11.5. The van der Waals surface area contributed by atoms with E-state index in [9.17, 15) is 5.11 Å². The van der Waals surface area contributed by atoms with Crippen molar-refractivity contribution in [3.8, 4) is 17.2 Å². The Morgan fingerprint density at radius 2 is 1.84 bits per heavy atom. The van der Waals surface area contributed by atoms with Crippen molar-refractivity contribution in [3.63, 3.8) is 0 Å². The summed E-state index contributed by atoms with van der Waals surface area (Å²) < 4.78 is 21.7. The lowest BCUT2D eigenvalue weighted by atomic mass is 9.98. The van der Waals surface area contributed by atoms with Crippen LogP contribution >= 0.6 is 0 Å². The van der Waals surface area contributed by atoms with Crippen LogP contribution in [0.3, 0.4) is 0 Å². The van der Waals surface area contributed by atoms with Crippen molar-refractivity contribution < 1.29 is 24.1 Å². The summed E-state index contributed by atoms with van der Waals surface area (Å²) in [6.07, 6.45) is 0.716. The Labute approximate surface area is 113 Å². The highest BCUT2D eigenvalue weighted by Crippen LogP contribution is 2.44. The van der Waals surface area contributed by atoms with Gasteiger partial charge < -0.3 is 24.1 Å². The molecule has 2 rings (SSSR count). The highest BCUT2D eigenvalue weighted by atomic mass is 16.5. The van der Waals surface area contributed by atoms with Gasteiger partial charge in [0.25, 0.3) is 0 Å². The van der Waals surface area contributed by atoms with E-state index in [-0.39, 0.29) is 12.2 Å². The molecule has 0 amide bonds.